The molecule has 0 heterocycles. The van der Waals surface area contributed by atoms with Gasteiger partial charge in [-0.15, -0.1) is 0 Å². The van der Waals surface area contributed by atoms with Crippen LogP contribution in [0.1, 0.15) is 39.3 Å². The third-order valence-corrected chi connectivity index (χ3v) is 7.98. The molecule has 4 aromatic carbocycles. The van der Waals surface area contributed by atoms with Gasteiger partial charge in [-0.25, -0.2) is 0 Å². The molecule has 1 spiro atoms. The second kappa shape index (κ2) is 7.46. The van der Waals surface area contributed by atoms with Crippen LogP contribution >= 0.6 is 0 Å². The molecular formula is C31H28O. The highest BCUT2D eigenvalue weighted by atomic mass is 16.3. The van der Waals surface area contributed by atoms with E-state index in [1.54, 1.807) is 0 Å². The van der Waals surface area contributed by atoms with Gasteiger partial charge in [0, 0.05) is 11.8 Å². The summed E-state index contributed by atoms with van der Waals surface area (Å²) in [5, 5.41) is 12.8. The van der Waals surface area contributed by atoms with Crippen LogP contribution < -0.4 is 0 Å². The number of hydrogen-bond acceptors (Lipinski definition) is 1. The molecule has 0 fully saturated rings. The van der Waals surface area contributed by atoms with Crippen molar-refractivity contribution in [3.05, 3.63) is 143 Å². The Morgan fingerprint density at radius 3 is 1.94 bits per heavy atom. The summed E-state index contributed by atoms with van der Waals surface area (Å²) in [5.41, 5.74) is 6.59. The number of fused-ring (bicyclic) bond motifs is 2. The van der Waals surface area contributed by atoms with Crippen LogP contribution in [-0.4, -0.2) is 5.11 Å². The Kier molecular flexibility index (Phi) is 4.55. The third kappa shape index (κ3) is 2.88. The molecule has 0 bridgehead atoms. The highest BCUT2D eigenvalue weighted by Gasteiger charge is 2.62. The molecule has 0 saturated carbocycles. The fourth-order valence-corrected chi connectivity index (χ4v) is 6.57. The number of rotatable bonds is 4. The van der Waals surface area contributed by atoms with Crippen molar-refractivity contribution in [3.8, 4) is 0 Å². The molecule has 2 aliphatic carbocycles. The van der Waals surface area contributed by atoms with E-state index in [4.69, 9.17) is 0 Å². The molecule has 0 unspecified atom stereocenters. The van der Waals surface area contributed by atoms with Crippen LogP contribution in [0.3, 0.4) is 0 Å². The molecule has 32 heavy (non-hydrogen) atoms. The van der Waals surface area contributed by atoms with Crippen LogP contribution in [0.15, 0.2) is 109 Å². The van der Waals surface area contributed by atoms with Crippen LogP contribution in [0.2, 0.25) is 0 Å². The quantitative estimate of drug-likeness (QED) is 0.417. The predicted molar refractivity (Wildman–Crippen MR) is 130 cm³/mol. The molecule has 3 atom stereocenters. The highest BCUT2D eigenvalue weighted by Crippen LogP contribution is 2.64. The molecular weight excluding hydrogens is 388 g/mol. The molecule has 158 valence electrons. The first-order chi connectivity index (χ1) is 15.7. The normalized spacial score (nSPS) is 25.6. The SMILES string of the molecule is O[C@]1(Cc2ccccc2)c2ccccc2C[C@@]12Cc1ccccc1[C@H]2Cc1ccccc1. The lowest BCUT2D eigenvalue weighted by molar-refractivity contribution is -0.0878. The van der Waals surface area contributed by atoms with E-state index in [-0.39, 0.29) is 11.3 Å². The predicted octanol–water partition coefficient (Wildman–Crippen LogP) is 6.24. The molecule has 0 aromatic heterocycles. The maximum absolute atomic E-state index is 12.8. The zero-order valence-corrected chi connectivity index (χ0v) is 18.2. The summed E-state index contributed by atoms with van der Waals surface area (Å²) in [4.78, 5) is 0. The zero-order valence-electron chi connectivity index (χ0n) is 18.2. The minimum absolute atomic E-state index is 0.258. The van der Waals surface area contributed by atoms with E-state index in [0.717, 1.165) is 24.8 Å². The van der Waals surface area contributed by atoms with Gasteiger partial charge in [-0.3, -0.25) is 0 Å². The van der Waals surface area contributed by atoms with Crippen molar-refractivity contribution in [3.63, 3.8) is 0 Å². The van der Waals surface area contributed by atoms with Gasteiger partial charge in [-0.1, -0.05) is 109 Å². The summed E-state index contributed by atoms with van der Waals surface area (Å²) in [6.07, 6.45) is 3.42. The Morgan fingerprint density at radius 1 is 0.625 bits per heavy atom. The van der Waals surface area contributed by atoms with E-state index >= 15 is 0 Å². The summed E-state index contributed by atoms with van der Waals surface area (Å²) in [6.45, 7) is 0. The second-order valence-electron chi connectivity index (χ2n) is 9.63. The number of aliphatic hydroxyl groups is 1. The van der Waals surface area contributed by atoms with Crippen molar-refractivity contribution in [2.75, 3.05) is 0 Å². The van der Waals surface area contributed by atoms with Crippen molar-refractivity contribution >= 4 is 0 Å². The van der Waals surface area contributed by atoms with Crippen LogP contribution in [0.25, 0.3) is 0 Å². The Morgan fingerprint density at radius 2 is 1.19 bits per heavy atom. The molecule has 0 amide bonds. The van der Waals surface area contributed by atoms with E-state index in [1.165, 1.54) is 27.8 Å². The lowest BCUT2D eigenvalue weighted by Gasteiger charge is -2.45. The third-order valence-electron chi connectivity index (χ3n) is 7.98. The monoisotopic (exact) mass is 416 g/mol. The van der Waals surface area contributed by atoms with Crippen molar-refractivity contribution in [2.24, 2.45) is 5.41 Å². The minimum atomic E-state index is -0.913. The van der Waals surface area contributed by atoms with Gasteiger partial charge in [0.1, 0.15) is 5.60 Å². The van der Waals surface area contributed by atoms with Gasteiger partial charge < -0.3 is 5.11 Å². The molecule has 2 aliphatic rings. The van der Waals surface area contributed by atoms with Gasteiger partial charge in [-0.2, -0.15) is 0 Å². The van der Waals surface area contributed by atoms with Crippen molar-refractivity contribution in [1.29, 1.82) is 0 Å². The van der Waals surface area contributed by atoms with Gasteiger partial charge in [0.2, 0.25) is 0 Å². The van der Waals surface area contributed by atoms with E-state index < -0.39 is 5.60 Å². The number of hydrogen-bond donors (Lipinski definition) is 1. The fourth-order valence-electron chi connectivity index (χ4n) is 6.57. The Labute approximate surface area is 190 Å². The molecule has 0 aliphatic heterocycles. The van der Waals surface area contributed by atoms with Crippen LogP contribution in [0.5, 0.6) is 0 Å². The van der Waals surface area contributed by atoms with Crippen LogP contribution in [-0.2, 0) is 31.3 Å². The Balaban J connectivity index is 1.53. The van der Waals surface area contributed by atoms with Crippen molar-refractivity contribution in [2.45, 2.75) is 37.2 Å². The largest absolute Gasteiger partial charge is 0.384 e. The first-order valence-electron chi connectivity index (χ1n) is 11.7. The summed E-state index contributed by atoms with van der Waals surface area (Å²) < 4.78 is 0. The Hall–Kier alpha value is -3.16. The summed E-state index contributed by atoms with van der Waals surface area (Å²) in [5.74, 6) is 0.266. The molecule has 1 nitrogen and oxygen atoms in total. The van der Waals surface area contributed by atoms with E-state index in [2.05, 4.69) is 109 Å². The summed E-state index contributed by atoms with van der Waals surface area (Å²) in [6, 6.07) is 38.8. The maximum Gasteiger partial charge on any atom is 0.101 e. The average molecular weight is 417 g/mol. The van der Waals surface area contributed by atoms with Crippen LogP contribution in [0.4, 0.5) is 0 Å². The standard InChI is InChI=1S/C31H28O/c32-31(20-24-13-5-2-6-14-24)28-18-10-8-16-26(28)22-30(31)21-25-15-7-9-17-27(25)29(30)19-23-11-3-1-4-12-23/h1-18,29,32H,19-22H2/t29-,30-,31-/m1/s1. The van der Waals surface area contributed by atoms with Gasteiger partial charge in [0.05, 0.1) is 0 Å². The average Bonchev–Trinajstić information content (AvgIpc) is 3.27. The van der Waals surface area contributed by atoms with Gasteiger partial charge in [-0.05, 0) is 58.6 Å². The maximum atomic E-state index is 12.8. The molecule has 0 radical (unpaired) electrons. The van der Waals surface area contributed by atoms with E-state index in [9.17, 15) is 5.11 Å². The Bertz CT molecular complexity index is 1240. The first-order valence-corrected chi connectivity index (χ1v) is 11.7. The smallest absolute Gasteiger partial charge is 0.101 e. The topological polar surface area (TPSA) is 20.2 Å². The molecule has 6 rings (SSSR count). The van der Waals surface area contributed by atoms with Gasteiger partial charge in [0.15, 0.2) is 0 Å². The van der Waals surface area contributed by atoms with Gasteiger partial charge >= 0.3 is 0 Å². The second-order valence-corrected chi connectivity index (χ2v) is 9.63. The summed E-state index contributed by atoms with van der Waals surface area (Å²) in [7, 11) is 0. The zero-order chi connectivity index (χ0) is 21.6. The fraction of sp³-hybridized carbons (Fsp3) is 0.226. The van der Waals surface area contributed by atoms with Crippen molar-refractivity contribution in [1.82, 2.24) is 0 Å². The minimum Gasteiger partial charge on any atom is -0.384 e. The lowest BCUT2D eigenvalue weighted by Crippen LogP contribution is -2.48. The first kappa shape index (κ1) is 19.5. The molecule has 0 saturated heterocycles. The van der Waals surface area contributed by atoms with Gasteiger partial charge in [0.25, 0.3) is 0 Å². The molecule has 1 heteroatoms. The highest BCUT2D eigenvalue weighted by molar-refractivity contribution is 5.51. The lowest BCUT2D eigenvalue weighted by atomic mass is 9.61. The summed E-state index contributed by atoms with van der Waals surface area (Å²) >= 11 is 0. The molecule has 1 N–H and O–H groups in total. The molecule has 4 aromatic rings. The van der Waals surface area contributed by atoms with E-state index in [0.29, 0.717) is 6.42 Å². The number of benzene rings is 4. The van der Waals surface area contributed by atoms with Crippen molar-refractivity contribution < 1.29 is 5.11 Å². The van der Waals surface area contributed by atoms with E-state index in [1.807, 2.05) is 0 Å². The van der Waals surface area contributed by atoms with Crippen LogP contribution in [0, 0.1) is 5.41 Å².